The van der Waals surface area contributed by atoms with Gasteiger partial charge in [-0.05, 0) is 23.8 Å². The van der Waals surface area contributed by atoms with Gasteiger partial charge in [-0.2, -0.15) is 0 Å². The summed E-state index contributed by atoms with van der Waals surface area (Å²) in [6, 6.07) is 8.86. The fourth-order valence-corrected chi connectivity index (χ4v) is 2.36. The molecular weight excluding hydrogens is 254 g/mol. The second kappa shape index (κ2) is 4.77. The number of imide groups is 1. The molecule has 1 aliphatic rings. The number of rotatable bonds is 3. The number of benzene rings is 1. The lowest BCUT2D eigenvalue weighted by molar-refractivity contribution is 0.0642. The molecule has 2 aromatic rings. The monoisotopic (exact) mass is 267 g/mol. The van der Waals surface area contributed by atoms with Gasteiger partial charge >= 0.3 is 0 Å². The third-order valence-electron chi connectivity index (χ3n) is 3.33. The smallest absolute Gasteiger partial charge is 0.263 e. The van der Waals surface area contributed by atoms with Crippen LogP contribution in [0.3, 0.4) is 0 Å². The molecule has 1 aliphatic heterocycles. The van der Waals surface area contributed by atoms with E-state index >= 15 is 0 Å². The van der Waals surface area contributed by atoms with E-state index < -0.39 is 0 Å². The second-order valence-corrected chi connectivity index (χ2v) is 4.54. The molecule has 20 heavy (non-hydrogen) atoms. The van der Waals surface area contributed by atoms with Gasteiger partial charge in [0.25, 0.3) is 11.8 Å². The third kappa shape index (κ3) is 1.84. The lowest BCUT2D eigenvalue weighted by Crippen LogP contribution is -2.29. The number of carbonyl (C=O) groups is 2. The van der Waals surface area contributed by atoms with Crippen molar-refractivity contribution in [3.8, 4) is 0 Å². The zero-order valence-electron chi connectivity index (χ0n) is 11.0. The molecule has 1 aromatic heterocycles. The highest BCUT2D eigenvalue weighted by Crippen LogP contribution is 2.29. The normalized spacial score (nSPS) is 13.6. The quantitative estimate of drug-likeness (QED) is 0.863. The minimum Gasteiger partial charge on any atom is -0.387 e. The minimum atomic E-state index is -0.265. The van der Waals surface area contributed by atoms with Crippen molar-refractivity contribution in [3.63, 3.8) is 0 Å². The molecule has 3 rings (SSSR count). The van der Waals surface area contributed by atoms with E-state index in [1.807, 2.05) is 6.07 Å². The van der Waals surface area contributed by atoms with Gasteiger partial charge in [0, 0.05) is 25.1 Å². The molecule has 5 nitrogen and oxygen atoms in total. The molecule has 0 bridgehead atoms. The van der Waals surface area contributed by atoms with Crippen molar-refractivity contribution in [1.82, 2.24) is 9.88 Å². The second-order valence-electron chi connectivity index (χ2n) is 4.54. The summed E-state index contributed by atoms with van der Waals surface area (Å²) in [5.41, 5.74) is 2.40. The predicted molar refractivity (Wildman–Crippen MR) is 74.4 cm³/mol. The Bertz CT molecular complexity index is 683. The number of nitrogens with one attached hydrogen (secondary N) is 1. The van der Waals surface area contributed by atoms with E-state index in [0.29, 0.717) is 16.8 Å². The van der Waals surface area contributed by atoms with Gasteiger partial charge in [0.15, 0.2) is 0 Å². The Morgan fingerprint density at radius 3 is 2.70 bits per heavy atom. The molecule has 0 saturated heterocycles. The van der Waals surface area contributed by atoms with Crippen LogP contribution < -0.4 is 5.32 Å². The maximum atomic E-state index is 12.4. The summed E-state index contributed by atoms with van der Waals surface area (Å²) in [6.45, 7) is 0.239. The molecule has 100 valence electrons. The molecular formula is C15H13N3O2. The van der Waals surface area contributed by atoms with Crippen LogP contribution in [0.15, 0.2) is 42.7 Å². The predicted octanol–water partition coefficient (Wildman–Crippen LogP) is 1.92. The highest BCUT2D eigenvalue weighted by molar-refractivity contribution is 6.23. The first-order chi connectivity index (χ1) is 9.72. The Hall–Kier alpha value is -2.69. The van der Waals surface area contributed by atoms with Crippen LogP contribution in [0.2, 0.25) is 0 Å². The summed E-state index contributed by atoms with van der Waals surface area (Å²) in [6.07, 6.45) is 3.31. The number of amides is 2. The van der Waals surface area contributed by atoms with E-state index in [2.05, 4.69) is 10.3 Å². The zero-order valence-corrected chi connectivity index (χ0v) is 11.0. The standard InChI is InChI=1S/C15H13N3O2/c1-16-12-6-2-5-11-13(12)15(20)18(14(11)19)9-10-4-3-7-17-8-10/h2-8,16H,9H2,1H3. The van der Waals surface area contributed by atoms with Gasteiger partial charge in [-0.3, -0.25) is 19.5 Å². The zero-order chi connectivity index (χ0) is 14.1. The van der Waals surface area contributed by atoms with Crippen LogP contribution in [0.4, 0.5) is 5.69 Å². The summed E-state index contributed by atoms with van der Waals surface area (Å²) in [5, 5.41) is 2.95. The largest absolute Gasteiger partial charge is 0.387 e. The van der Waals surface area contributed by atoms with Crippen LogP contribution in [0, 0.1) is 0 Å². The molecule has 1 aromatic carbocycles. The lowest BCUT2D eigenvalue weighted by Gasteiger charge is -2.13. The Morgan fingerprint density at radius 1 is 1.15 bits per heavy atom. The van der Waals surface area contributed by atoms with Gasteiger partial charge in [0.2, 0.25) is 0 Å². The molecule has 0 fully saturated rings. The van der Waals surface area contributed by atoms with Crippen LogP contribution in [0.5, 0.6) is 0 Å². The fraction of sp³-hybridized carbons (Fsp3) is 0.133. The Kier molecular flexibility index (Phi) is 2.95. The van der Waals surface area contributed by atoms with Gasteiger partial charge in [-0.25, -0.2) is 0 Å². The molecule has 5 heteroatoms. The van der Waals surface area contributed by atoms with Crippen LogP contribution in [-0.4, -0.2) is 28.7 Å². The van der Waals surface area contributed by atoms with Crippen molar-refractivity contribution in [3.05, 3.63) is 59.4 Å². The van der Waals surface area contributed by atoms with E-state index in [9.17, 15) is 9.59 Å². The van der Waals surface area contributed by atoms with E-state index in [1.165, 1.54) is 4.90 Å². The van der Waals surface area contributed by atoms with Crippen molar-refractivity contribution in [2.75, 3.05) is 12.4 Å². The summed E-state index contributed by atoms with van der Waals surface area (Å²) in [5.74, 6) is -0.523. The molecule has 2 heterocycles. The first-order valence-electron chi connectivity index (χ1n) is 6.28. The maximum Gasteiger partial charge on any atom is 0.263 e. The maximum absolute atomic E-state index is 12.4. The van der Waals surface area contributed by atoms with Crippen molar-refractivity contribution in [2.24, 2.45) is 0 Å². The molecule has 0 spiro atoms. The highest BCUT2D eigenvalue weighted by atomic mass is 16.2. The average Bonchev–Trinajstić information content (AvgIpc) is 2.73. The molecule has 0 unspecified atom stereocenters. The van der Waals surface area contributed by atoms with Crippen molar-refractivity contribution in [2.45, 2.75) is 6.54 Å². The number of fused-ring (bicyclic) bond motifs is 1. The average molecular weight is 267 g/mol. The third-order valence-corrected chi connectivity index (χ3v) is 3.33. The Labute approximate surface area is 116 Å². The van der Waals surface area contributed by atoms with Gasteiger partial charge in [0.1, 0.15) is 0 Å². The number of hydrogen-bond donors (Lipinski definition) is 1. The lowest BCUT2D eigenvalue weighted by atomic mass is 10.1. The highest BCUT2D eigenvalue weighted by Gasteiger charge is 2.37. The molecule has 0 aliphatic carbocycles. The van der Waals surface area contributed by atoms with Crippen molar-refractivity contribution in [1.29, 1.82) is 0 Å². The summed E-state index contributed by atoms with van der Waals surface area (Å²) < 4.78 is 0. The van der Waals surface area contributed by atoms with E-state index in [0.717, 1.165) is 5.56 Å². The van der Waals surface area contributed by atoms with Crippen LogP contribution in [0.1, 0.15) is 26.3 Å². The Balaban J connectivity index is 1.98. The van der Waals surface area contributed by atoms with Gasteiger partial charge in [-0.15, -0.1) is 0 Å². The van der Waals surface area contributed by atoms with Crippen molar-refractivity contribution < 1.29 is 9.59 Å². The minimum absolute atomic E-state index is 0.239. The summed E-state index contributed by atoms with van der Waals surface area (Å²) >= 11 is 0. The summed E-state index contributed by atoms with van der Waals surface area (Å²) in [4.78, 5) is 30.0. The summed E-state index contributed by atoms with van der Waals surface area (Å²) in [7, 11) is 1.73. The van der Waals surface area contributed by atoms with Gasteiger partial charge in [0.05, 0.1) is 17.7 Å². The number of pyridine rings is 1. The van der Waals surface area contributed by atoms with Crippen LogP contribution in [-0.2, 0) is 6.54 Å². The Morgan fingerprint density at radius 2 is 2.00 bits per heavy atom. The van der Waals surface area contributed by atoms with E-state index in [-0.39, 0.29) is 18.4 Å². The number of anilines is 1. The fourth-order valence-electron chi connectivity index (χ4n) is 2.36. The molecule has 0 saturated carbocycles. The first kappa shape index (κ1) is 12.3. The SMILES string of the molecule is CNc1cccc2c1C(=O)N(Cc1cccnc1)C2=O. The van der Waals surface area contributed by atoms with Crippen LogP contribution in [0.25, 0.3) is 0 Å². The number of nitrogens with zero attached hydrogens (tertiary/aromatic N) is 2. The molecule has 0 atom stereocenters. The molecule has 1 N–H and O–H groups in total. The van der Waals surface area contributed by atoms with Gasteiger partial charge in [-0.1, -0.05) is 12.1 Å². The molecule has 0 radical (unpaired) electrons. The van der Waals surface area contributed by atoms with E-state index in [1.54, 1.807) is 43.7 Å². The van der Waals surface area contributed by atoms with Crippen LogP contribution >= 0.6 is 0 Å². The first-order valence-corrected chi connectivity index (χ1v) is 6.28. The van der Waals surface area contributed by atoms with E-state index in [4.69, 9.17) is 0 Å². The number of hydrogen-bond acceptors (Lipinski definition) is 4. The van der Waals surface area contributed by atoms with Gasteiger partial charge < -0.3 is 5.32 Å². The topological polar surface area (TPSA) is 62.3 Å². The molecule has 2 amide bonds. The number of aromatic nitrogens is 1. The number of carbonyl (C=O) groups excluding carboxylic acids is 2. The van der Waals surface area contributed by atoms with Crippen molar-refractivity contribution >= 4 is 17.5 Å².